The largest absolute Gasteiger partial charge is 0.354 e. The zero-order valence-electron chi connectivity index (χ0n) is 17.6. The molecule has 6 rings (SSSR count). The molecule has 0 radical (unpaired) electrons. The van der Waals surface area contributed by atoms with Crippen LogP contribution < -0.4 is 0 Å². The van der Waals surface area contributed by atoms with Gasteiger partial charge in [-0.1, -0.05) is 84.9 Å². The number of benzene rings is 5. The van der Waals surface area contributed by atoms with E-state index in [1.54, 1.807) is 0 Å². The van der Waals surface area contributed by atoms with E-state index in [9.17, 15) is 0 Å². The minimum absolute atomic E-state index is 1.01. The molecule has 0 bridgehead atoms. The third-order valence-electron chi connectivity index (χ3n) is 6.37. The number of aromatic nitrogens is 1. The number of hydrogen-bond donors (Lipinski definition) is 1. The van der Waals surface area contributed by atoms with Crippen molar-refractivity contribution in [2.24, 2.45) is 4.99 Å². The number of fused-ring (bicyclic) bond motifs is 8. The number of nitrogens with zero attached hydrogens (tertiary/aromatic N) is 1. The molecule has 1 heterocycles. The zero-order chi connectivity index (χ0) is 20.9. The Balaban J connectivity index is 1.68. The normalized spacial score (nSPS) is 12.4. The van der Waals surface area contributed by atoms with Crippen LogP contribution in [0, 0.1) is 6.92 Å². The molecule has 0 spiro atoms. The summed E-state index contributed by atoms with van der Waals surface area (Å²) in [7, 11) is 0. The Kier molecular flexibility index (Phi) is 3.94. The highest BCUT2D eigenvalue weighted by molar-refractivity contribution is 6.31. The quantitative estimate of drug-likeness (QED) is 0.226. The number of aryl methyl sites for hydroxylation is 1. The molecule has 0 unspecified atom stereocenters. The van der Waals surface area contributed by atoms with E-state index in [0.717, 1.165) is 17.0 Å². The Morgan fingerprint density at radius 1 is 0.613 bits per heavy atom. The van der Waals surface area contributed by atoms with E-state index < -0.39 is 0 Å². The molecular formula is C29H22N2. The van der Waals surface area contributed by atoms with Crippen molar-refractivity contribution in [2.45, 2.75) is 13.8 Å². The number of aromatic amines is 1. The highest BCUT2D eigenvalue weighted by Crippen LogP contribution is 2.41. The maximum absolute atomic E-state index is 4.97. The molecule has 2 nitrogen and oxygen atoms in total. The summed E-state index contributed by atoms with van der Waals surface area (Å²) in [5.41, 5.74) is 6.73. The molecule has 31 heavy (non-hydrogen) atoms. The van der Waals surface area contributed by atoms with Gasteiger partial charge in [0.15, 0.2) is 0 Å². The van der Waals surface area contributed by atoms with Gasteiger partial charge in [0.1, 0.15) is 0 Å². The molecule has 0 saturated carbocycles. The average Bonchev–Trinajstić information content (AvgIpc) is 3.22. The van der Waals surface area contributed by atoms with Crippen molar-refractivity contribution in [2.75, 3.05) is 0 Å². The first-order chi connectivity index (χ1) is 15.2. The summed E-state index contributed by atoms with van der Waals surface area (Å²) < 4.78 is 0. The van der Waals surface area contributed by atoms with Crippen LogP contribution in [0.5, 0.6) is 0 Å². The Labute approximate surface area is 180 Å². The Bertz CT molecular complexity index is 1640. The highest BCUT2D eigenvalue weighted by Gasteiger charge is 2.15. The lowest BCUT2D eigenvalue weighted by Gasteiger charge is -2.07. The summed E-state index contributed by atoms with van der Waals surface area (Å²) in [5, 5.41) is 7.68. The average molecular weight is 399 g/mol. The van der Waals surface area contributed by atoms with E-state index in [0.29, 0.717) is 0 Å². The lowest BCUT2D eigenvalue weighted by molar-refractivity contribution is 1.39. The van der Waals surface area contributed by atoms with E-state index in [1.165, 1.54) is 48.9 Å². The van der Waals surface area contributed by atoms with Crippen LogP contribution in [0.25, 0.3) is 43.4 Å². The van der Waals surface area contributed by atoms with Crippen LogP contribution in [-0.2, 0) is 0 Å². The van der Waals surface area contributed by atoms with Gasteiger partial charge >= 0.3 is 0 Å². The summed E-state index contributed by atoms with van der Waals surface area (Å²) in [6.45, 7) is 4.24. The predicted octanol–water partition coefficient (Wildman–Crippen LogP) is 8.08. The predicted molar refractivity (Wildman–Crippen MR) is 134 cm³/mol. The van der Waals surface area contributed by atoms with Crippen LogP contribution in [-0.4, -0.2) is 10.7 Å². The van der Waals surface area contributed by atoms with E-state index in [4.69, 9.17) is 4.99 Å². The zero-order valence-corrected chi connectivity index (χ0v) is 17.6. The lowest BCUT2D eigenvalue weighted by Crippen LogP contribution is -1.93. The first-order valence-electron chi connectivity index (χ1n) is 10.7. The molecule has 0 aliphatic carbocycles. The van der Waals surface area contributed by atoms with Crippen molar-refractivity contribution >= 4 is 54.7 Å². The van der Waals surface area contributed by atoms with Crippen molar-refractivity contribution in [3.05, 3.63) is 102 Å². The molecule has 1 aromatic heterocycles. The molecule has 6 aromatic rings. The smallest absolute Gasteiger partial charge is 0.0683 e. The first kappa shape index (κ1) is 17.9. The Hall–Kier alpha value is -3.91. The van der Waals surface area contributed by atoms with Gasteiger partial charge in [0.25, 0.3) is 0 Å². The second kappa shape index (κ2) is 6.82. The Morgan fingerprint density at radius 3 is 1.97 bits per heavy atom. The number of hydrogen-bond acceptors (Lipinski definition) is 1. The molecule has 0 atom stereocenters. The van der Waals surface area contributed by atoms with Crippen molar-refractivity contribution in [1.29, 1.82) is 0 Å². The lowest BCUT2D eigenvalue weighted by atomic mass is 9.96. The summed E-state index contributed by atoms with van der Waals surface area (Å²) in [6.07, 6.45) is 0. The van der Waals surface area contributed by atoms with Gasteiger partial charge in [0, 0.05) is 21.9 Å². The second-order valence-electron chi connectivity index (χ2n) is 8.16. The van der Waals surface area contributed by atoms with E-state index >= 15 is 0 Å². The molecule has 2 heteroatoms. The topological polar surface area (TPSA) is 28.1 Å². The number of rotatable bonds is 2. The molecule has 0 aliphatic heterocycles. The number of aliphatic imine (C=N–C) groups is 1. The third kappa shape index (κ3) is 2.69. The summed E-state index contributed by atoms with van der Waals surface area (Å²) in [4.78, 5) is 8.74. The maximum atomic E-state index is 4.97. The van der Waals surface area contributed by atoms with Crippen LogP contribution >= 0.6 is 0 Å². The van der Waals surface area contributed by atoms with Crippen LogP contribution in [0.1, 0.15) is 18.1 Å². The first-order valence-corrected chi connectivity index (χ1v) is 10.7. The highest BCUT2D eigenvalue weighted by atomic mass is 14.8. The van der Waals surface area contributed by atoms with Crippen molar-refractivity contribution < 1.29 is 0 Å². The van der Waals surface area contributed by atoms with Crippen LogP contribution in [0.4, 0.5) is 5.69 Å². The van der Waals surface area contributed by atoms with Gasteiger partial charge in [-0.05, 0) is 47.2 Å². The van der Waals surface area contributed by atoms with Gasteiger partial charge in [-0.25, -0.2) is 0 Å². The molecular weight excluding hydrogens is 376 g/mol. The number of H-pyrrole nitrogens is 1. The fourth-order valence-corrected chi connectivity index (χ4v) is 4.79. The molecule has 0 amide bonds. The minimum atomic E-state index is 1.01. The van der Waals surface area contributed by atoms with Gasteiger partial charge in [-0.15, -0.1) is 0 Å². The molecule has 0 saturated heterocycles. The maximum Gasteiger partial charge on any atom is 0.0683 e. The van der Waals surface area contributed by atoms with E-state index in [2.05, 4.69) is 104 Å². The van der Waals surface area contributed by atoms with Crippen molar-refractivity contribution in [1.82, 2.24) is 4.98 Å². The van der Waals surface area contributed by atoms with Crippen LogP contribution in [0.3, 0.4) is 0 Å². The van der Waals surface area contributed by atoms with E-state index in [1.807, 2.05) is 6.07 Å². The van der Waals surface area contributed by atoms with E-state index in [-0.39, 0.29) is 0 Å². The second-order valence-corrected chi connectivity index (χ2v) is 8.16. The number of nitrogens with one attached hydrogen (secondary N) is 1. The Morgan fingerprint density at radius 2 is 1.23 bits per heavy atom. The summed E-state index contributed by atoms with van der Waals surface area (Å²) in [6, 6.07) is 32.1. The van der Waals surface area contributed by atoms with Crippen LogP contribution in [0.15, 0.2) is 96.0 Å². The van der Waals surface area contributed by atoms with Gasteiger partial charge in [-0.2, -0.15) is 0 Å². The molecule has 1 N–H and O–H groups in total. The summed E-state index contributed by atoms with van der Waals surface area (Å²) in [5.74, 6) is 0. The molecule has 148 valence electrons. The molecule has 5 aromatic carbocycles. The molecule has 0 aliphatic rings. The minimum Gasteiger partial charge on any atom is -0.354 e. The van der Waals surface area contributed by atoms with Gasteiger partial charge in [-0.3, -0.25) is 4.99 Å². The fourth-order valence-electron chi connectivity index (χ4n) is 4.79. The van der Waals surface area contributed by atoms with Crippen molar-refractivity contribution in [3.63, 3.8) is 0 Å². The van der Waals surface area contributed by atoms with Gasteiger partial charge < -0.3 is 4.98 Å². The van der Waals surface area contributed by atoms with Gasteiger partial charge in [0.05, 0.1) is 16.7 Å². The summed E-state index contributed by atoms with van der Waals surface area (Å²) >= 11 is 0. The molecule has 0 fully saturated rings. The fraction of sp³-hybridized carbons (Fsp3) is 0.0690. The van der Waals surface area contributed by atoms with Crippen molar-refractivity contribution in [3.8, 4) is 0 Å². The monoisotopic (exact) mass is 398 g/mol. The van der Waals surface area contributed by atoms with Gasteiger partial charge in [0.2, 0.25) is 0 Å². The van der Waals surface area contributed by atoms with Crippen LogP contribution in [0.2, 0.25) is 0 Å². The standard InChI is InChI=1S/C29H22N2/c1-18-26(30-19(2)20-10-4-3-5-11-20)17-16-25-27-23-14-8-6-12-21(23)22-13-7-9-15-24(22)29(27)31-28(18)25/h3-17,31H,1-2H3. The third-order valence-corrected chi connectivity index (χ3v) is 6.37. The SMILES string of the molecule is CC(=Nc1ccc2c([nH]c3c4ccccc4c4ccccc4c23)c1C)c1ccccc1.